The highest BCUT2D eigenvalue weighted by Gasteiger charge is 2.20. The molecule has 1 aliphatic rings. The van der Waals surface area contributed by atoms with E-state index in [0.717, 1.165) is 37.7 Å². The van der Waals surface area contributed by atoms with Gasteiger partial charge in [-0.2, -0.15) is 0 Å². The summed E-state index contributed by atoms with van der Waals surface area (Å²) < 4.78 is 0. The van der Waals surface area contributed by atoms with E-state index in [9.17, 15) is 4.79 Å². The largest absolute Gasteiger partial charge is 0.351 e. The lowest BCUT2D eigenvalue weighted by Gasteiger charge is -2.31. The fraction of sp³-hybridized carbons (Fsp3) is 0.389. The van der Waals surface area contributed by atoms with E-state index in [-0.39, 0.29) is 5.91 Å². The third-order valence-electron chi connectivity index (χ3n) is 4.28. The van der Waals surface area contributed by atoms with E-state index in [1.54, 1.807) is 0 Å². The summed E-state index contributed by atoms with van der Waals surface area (Å²) in [6, 6.07) is 13.8. The number of hydrogen-bond acceptors (Lipinski definition) is 3. The Hall–Kier alpha value is -1.65. The molecule has 0 saturated carbocycles. The van der Waals surface area contributed by atoms with Gasteiger partial charge >= 0.3 is 0 Å². The number of likely N-dealkylation sites (tertiary alicyclic amines) is 1. The van der Waals surface area contributed by atoms with Crippen LogP contribution in [0.25, 0.3) is 0 Å². The van der Waals surface area contributed by atoms with Gasteiger partial charge in [-0.1, -0.05) is 24.3 Å². The zero-order chi connectivity index (χ0) is 15.2. The van der Waals surface area contributed by atoms with Crippen LogP contribution < -0.4 is 5.32 Å². The monoisotopic (exact) mass is 314 g/mol. The molecule has 22 heavy (non-hydrogen) atoms. The number of amides is 1. The molecular weight excluding hydrogens is 292 g/mol. The molecular formula is C18H22N2OS. The highest BCUT2D eigenvalue weighted by Crippen LogP contribution is 2.30. The van der Waals surface area contributed by atoms with Crippen LogP contribution in [0.15, 0.2) is 47.8 Å². The zero-order valence-corrected chi connectivity index (χ0v) is 13.5. The van der Waals surface area contributed by atoms with Gasteiger partial charge < -0.3 is 10.2 Å². The van der Waals surface area contributed by atoms with Gasteiger partial charge in [0.15, 0.2) is 0 Å². The van der Waals surface area contributed by atoms with E-state index in [1.807, 2.05) is 41.7 Å². The number of nitrogens with one attached hydrogen (secondary N) is 1. The van der Waals surface area contributed by atoms with Crippen molar-refractivity contribution < 1.29 is 4.79 Å². The number of nitrogens with zero attached hydrogens (tertiary/aromatic N) is 1. The first kappa shape index (κ1) is 15.3. The van der Waals surface area contributed by atoms with Crippen LogP contribution in [0.3, 0.4) is 0 Å². The lowest BCUT2D eigenvalue weighted by molar-refractivity contribution is 0.0946. The summed E-state index contributed by atoms with van der Waals surface area (Å²) in [5.41, 5.74) is 0.735. The van der Waals surface area contributed by atoms with Crippen molar-refractivity contribution in [2.45, 2.75) is 18.8 Å². The maximum atomic E-state index is 12.0. The van der Waals surface area contributed by atoms with Crippen molar-refractivity contribution in [3.05, 3.63) is 58.3 Å². The first-order valence-corrected chi connectivity index (χ1v) is 8.80. The quantitative estimate of drug-likeness (QED) is 0.918. The van der Waals surface area contributed by atoms with Crippen LogP contribution in [0.4, 0.5) is 0 Å². The Balaban J connectivity index is 1.38. The molecule has 2 heterocycles. The van der Waals surface area contributed by atoms with Gasteiger partial charge in [0, 0.05) is 23.5 Å². The lowest BCUT2D eigenvalue weighted by Crippen LogP contribution is -2.39. The second-order valence-electron chi connectivity index (χ2n) is 5.75. The van der Waals surface area contributed by atoms with Crippen molar-refractivity contribution in [3.63, 3.8) is 0 Å². The van der Waals surface area contributed by atoms with Gasteiger partial charge in [0.2, 0.25) is 0 Å². The maximum absolute atomic E-state index is 12.0. The Morgan fingerprint density at radius 2 is 1.91 bits per heavy atom. The van der Waals surface area contributed by atoms with E-state index in [4.69, 9.17) is 0 Å². The first-order chi connectivity index (χ1) is 10.8. The number of benzene rings is 1. The second-order valence-corrected chi connectivity index (χ2v) is 6.73. The predicted octanol–water partition coefficient (Wildman–Crippen LogP) is 3.36. The summed E-state index contributed by atoms with van der Waals surface area (Å²) in [6.07, 6.45) is 2.46. The number of hydrogen-bond donors (Lipinski definition) is 1. The Kier molecular flexibility index (Phi) is 5.24. The van der Waals surface area contributed by atoms with Gasteiger partial charge in [-0.15, -0.1) is 11.3 Å². The molecule has 1 aromatic heterocycles. The molecule has 0 bridgehead atoms. The Morgan fingerprint density at radius 3 is 2.59 bits per heavy atom. The molecule has 1 aliphatic heterocycles. The molecule has 2 aromatic rings. The number of piperidine rings is 1. The summed E-state index contributed by atoms with van der Waals surface area (Å²) in [6.45, 7) is 3.92. The van der Waals surface area contributed by atoms with Gasteiger partial charge in [0.25, 0.3) is 5.91 Å². The van der Waals surface area contributed by atoms with Gasteiger partial charge in [-0.25, -0.2) is 0 Å². The average Bonchev–Trinajstić information content (AvgIpc) is 3.11. The minimum Gasteiger partial charge on any atom is -0.351 e. The maximum Gasteiger partial charge on any atom is 0.251 e. The van der Waals surface area contributed by atoms with E-state index < -0.39 is 0 Å². The van der Waals surface area contributed by atoms with E-state index in [2.05, 4.69) is 27.7 Å². The number of thiophene rings is 1. The van der Waals surface area contributed by atoms with Gasteiger partial charge in [-0.3, -0.25) is 4.79 Å². The Labute approximate surface area is 136 Å². The number of carbonyl (C=O) groups is 1. The van der Waals surface area contributed by atoms with E-state index >= 15 is 0 Å². The molecule has 1 saturated heterocycles. The third-order valence-corrected chi connectivity index (χ3v) is 5.32. The van der Waals surface area contributed by atoms with Crippen LogP contribution in [0, 0.1) is 0 Å². The molecule has 1 aromatic carbocycles. The van der Waals surface area contributed by atoms with E-state index in [1.165, 1.54) is 17.7 Å². The average molecular weight is 314 g/mol. The third kappa shape index (κ3) is 3.96. The van der Waals surface area contributed by atoms with Gasteiger partial charge in [0.05, 0.1) is 0 Å². The van der Waals surface area contributed by atoms with Crippen LogP contribution in [-0.4, -0.2) is 37.0 Å². The van der Waals surface area contributed by atoms with Crippen LogP contribution >= 0.6 is 11.3 Å². The molecule has 3 rings (SSSR count). The van der Waals surface area contributed by atoms with Gasteiger partial charge in [-0.05, 0) is 55.4 Å². The SMILES string of the molecule is O=C(NCCN1CCC(c2cccs2)CC1)c1ccccc1. The predicted molar refractivity (Wildman–Crippen MR) is 91.5 cm³/mol. The van der Waals surface area contributed by atoms with Crippen molar-refractivity contribution in [2.75, 3.05) is 26.2 Å². The van der Waals surface area contributed by atoms with Crippen LogP contribution in [0.2, 0.25) is 0 Å². The second kappa shape index (κ2) is 7.56. The van der Waals surface area contributed by atoms with Crippen LogP contribution in [-0.2, 0) is 0 Å². The minimum atomic E-state index is 0.0223. The lowest BCUT2D eigenvalue weighted by atomic mass is 9.95. The molecule has 1 N–H and O–H groups in total. The van der Waals surface area contributed by atoms with E-state index in [0.29, 0.717) is 0 Å². The fourth-order valence-corrected chi connectivity index (χ4v) is 3.88. The minimum absolute atomic E-state index is 0.0223. The fourth-order valence-electron chi connectivity index (χ4n) is 2.98. The van der Waals surface area contributed by atoms with Crippen molar-refractivity contribution in [1.82, 2.24) is 10.2 Å². The summed E-state index contributed by atoms with van der Waals surface area (Å²) in [5.74, 6) is 0.754. The summed E-state index contributed by atoms with van der Waals surface area (Å²) in [4.78, 5) is 15.9. The first-order valence-electron chi connectivity index (χ1n) is 7.92. The summed E-state index contributed by atoms with van der Waals surface area (Å²) >= 11 is 1.87. The Bertz CT molecular complexity index is 574. The number of rotatable bonds is 5. The molecule has 3 nitrogen and oxygen atoms in total. The topological polar surface area (TPSA) is 32.3 Å². The van der Waals surface area contributed by atoms with Crippen molar-refractivity contribution in [2.24, 2.45) is 0 Å². The zero-order valence-electron chi connectivity index (χ0n) is 12.7. The van der Waals surface area contributed by atoms with Crippen molar-refractivity contribution in [1.29, 1.82) is 0 Å². The molecule has 0 unspecified atom stereocenters. The summed E-state index contributed by atoms with van der Waals surface area (Å²) in [5, 5.41) is 5.17. The smallest absolute Gasteiger partial charge is 0.251 e. The summed E-state index contributed by atoms with van der Waals surface area (Å²) in [7, 11) is 0. The van der Waals surface area contributed by atoms with Crippen LogP contribution in [0.1, 0.15) is 34.0 Å². The molecule has 1 fully saturated rings. The van der Waals surface area contributed by atoms with Crippen LogP contribution in [0.5, 0.6) is 0 Å². The molecule has 1 amide bonds. The highest BCUT2D eigenvalue weighted by molar-refractivity contribution is 7.10. The molecule has 0 radical (unpaired) electrons. The molecule has 0 aliphatic carbocycles. The molecule has 4 heteroatoms. The number of carbonyl (C=O) groups excluding carboxylic acids is 1. The Morgan fingerprint density at radius 1 is 1.14 bits per heavy atom. The van der Waals surface area contributed by atoms with Crippen molar-refractivity contribution in [3.8, 4) is 0 Å². The van der Waals surface area contributed by atoms with Crippen molar-refractivity contribution >= 4 is 17.2 Å². The normalized spacial score (nSPS) is 16.5. The molecule has 116 valence electrons. The highest BCUT2D eigenvalue weighted by atomic mass is 32.1. The standard InChI is InChI=1S/C18H22N2OS/c21-18(16-5-2-1-3-6-16)19-10-13-20-11-8-15(9-12-20)17-7-4-14-22-17/h1-7,14-15H,8-13H2,(H,19,21). The molecule has 0 atom stereocenters. The van der Waals surface area contributed by atoms with Gasteiger partial charge in [0.1, 0.15) is 0 Å². The molecule has 0 spiro atoms.